The van der Waals surface area contributed by atoms with E-state index in [0.29, 0.717) is 12.1 Å². The standard InChI is InChI=1S/C13H19N3O3S/c1-9-4-5-10(2)13(12(9)14)20(18,19)16-7-6-15(3)11(17)8-16/h4-5H,6-8,14H2,1-3H3. The van der Waals surface area contributed by atoms with Gasteiger partial charge in [0, 0.05) is 20.1 Å². The molecule has 2 N–H and O–H groups in total. The molecule has 1 amide bonds. The van der Waals surface area contributed by atoms with Gasteiger partial charge in [-0.25, -0.2) is 8.42 Å². The first-order valence-electron chi connectivity index (χ1n) is 6.35. The highest BCUT2D eigenvalue weighted by molar-refractivity contribution is 7.89. The Hall–Kier alpha value is -1.60. The van der Waals surface area contributed by atoms with Gasteiger partial charge >= 0.3 is 0 Å². The number of carbonyl (C=O) groups is 1. The molecule has 6 nitrogen and oxygen atoms in total. The van der Waals surface area contributed by atoms with Crippen LogP contribution in [0.2, 0.25) is 0 Å². The molecular formula is C13H19N3O3S. The normalized spacial score (nSPS) is 17.6. The van der Waals surface area contributed by atoms with Crippen molar-refractivity contribution in [2.45, 2.75) is 18.7 Å². The van der Waals surface area contributed by atoms with Crippen molar-refractivity contribution >= 4 is 21.6 Å². The number of nitrogen functional groups attached to an aromatic ring is 1. The quantitative estimate of drug-likeness (QED) is 0.798. The lowest BCUT2D eigenvalue weighted by atomic mass is 10.1. The Kier molecular flexibility index (Phi) is 3.75. The Morgan fingerprint density at radius 2 is 1.75 bits per heavy atom. The summed E-state index contributed by atoms with van der Waals surface area (Å²) in [6.07, 6.45) is 0. The van der Waals surface area contributed by atoms with Gasteiger partial charge in [-0.3, -0.25) is 4.79 Å². The number of sulfonamides is 1. The van der Waals surface area contributed by atoms with Gasteiger partial charge in [-0.15, -0.1) is 0 Å². The number of nitrogens with two attached hydrogens (primary N) is 1. The first-order chi connectivity index (χ1) is 9.25. The Balaban J connectivity index is 2.47. The minimum absolute atomic E-state index is 0.120. The summed E-state index contributed by atoms with van der Waals surface area (Å²) in [5, 5.41) is 0. The molecule has 0 unspecified atom stereocenters. The molecule has 1 aromatic carbocycles. The summed E-state index contributed by atoms with van der Waals surface area (Å²) in [5.41, 5.74) is 7.51. The molecule has 1 aliphatic rings. The van der Waals surface area contributed by atoms with Gasteiger partial charge in [0.1, 0.15) is 4.90 Å². The Morgan fingerprint density at radius 3 is 2.35 bits per heavy atom. The number of hydrogen-bond acceptors (Lipinski definition) is 4. The van der Waals surface area contributed by atoms with Crippen molar-refractivity contribution in [2.75, 3.05) is 32.4 Å². The number of amides is 1. The van der Waals surface area contributed by atoms with E-state index in [0.717, 1.165) is 5.56 Å². The molecule has 7 heteroatoms. The number of piperazine rings is 1. The first-order valence-corrected chi connectivity index (χ1v) is 7.79. The largest absolute Gasteiger partial charge is 0.397 e. The SMILES string of the molecule is Cc1ccc(C)c(S(=O)(=O)N2CCN(C)C(=O)C2)c1N. The molecule has 0 spiro atoms. The van der Waals surface area contributed by atoms with Crippen LogP contribution in [0.3, 0.4) is 0 Å². The lowest BCUT2D eigenvalue weighted by Crippen LogP contribution is -2.50. The van der Waals surface area contributed by atoms with E-state index in [-0.39, 0.29) is 29.6 Å². The molecule has 1 aromatic rings. The molecule has 0 atom stereocenters. The van der Waals surface area contributed by atoms with Crippen molar-refractivity contribution in [1.29, 1.82) is 0 Å². The fourth-order valence-corrected chi connectivity index (χ4v) is 3.99. The van der Waals surface area contributed by atoms with E-state index < -0.39 is 10.0 Å². The summed E-state index contributed by atoms with van der Waals surface area (Å²) < 4.78 is 26.6. The highest BCUT2D eigenvalue weighted by Crippen LogP contribution is 2.29. The van der Waals surface area contributed by atoms with E-state index in [9.17, 15) is 13.2 Å². The van der Waals surface area contributed by atoms with Crippen molar-refractivity contribution in [3.63, 3.8) is 0 Å². The van der Waals surface area contributed by atoms with Crippen molar-refractivity contribution in [3.05, 3.63) is 23.3 Å². The molecule has 1 heterocycles. The monoisotopic (exact) mass is 297 g/mol. The maximum absolute atomic E-state index is 12.7. The maximum atomic E-state index is 12.7. The summed E-state index contributed by atoms with van der Waals surface area (Å²) >= 11 is 0. The third kappa shape index (κ3) is 2.38. The summed E-state index contributed by atoms with van der Waals surface area (Å²) in [4.78, 5) is 13.4. The third-order valence-electron chi connectivity index (χ3n) is 3.63. The molecule has 0 radical (unpaired) electrons. The van der Waals surface area contributed by atoms with Gasteiger partial charge in [-0.2, -0.15) is 4.31 Å². The number of likely N-dealkylation sites (N-methyl/N-ethyl adjacent to an activating group) is 1. The van der Waals surface area contributed by atoms with Crippen molar-refractivity contribution in [3.8, 4) is 0 Å². The molecule has 0 saturated carbocycles. The van der Waals surface area contributed by atoms with Gasteiger partial charge in [0.15, 0.2) is 0 Å². The zero-order valence-corrected chi connectivity index (χ0v) is 12.7. The lowest BCUT2D eigenvalue weighted by molar-refractivity contribution is -0.132. The maximum Gasteiger partial charge on any atom is 0.245 e. The van der Waals surface area contributed by atoms with Crippen LogP contribution in [0.4, 0.5) is 5.69 Å². The molecule has 0 bridgehead atoms. The van der Waals surface area contributed by atoms with Gasteiger partial charge in [-0.1, -0.05) is 12.1 Å². The van der Waals surface area contributed by atoms with Crippen LogP contribution in [-0.4, -0.2) is 50.2 Å². The summed E-state index contributed by atoms with van der Waals surface area (Å²) in [7, 11) is -2.08. The highest BCUT2D eigenvalue weighted by Gasteiger charge is 2.33. The molecule has 20 heavy (non-hydrogen) atoms. The number of carbonyl (C=O) groups excluding carboxylic acids is 1. The number of rotatable bonds is 2. The van der Waals surface area contributed by atoms with Crippen LogP contribution < -0.4 is 5.73 Å². The number of benzene rings is 1. The van der Waals surface area contributed by atoms with Crippen LogP contribution in [0.5, 0.6) is 0 Å². The Morgan fingerprint density at radius 1 is 1.15 bits per heavy atom. The van der Waals surface area contributed by atoms with Gasteiger partial charge in [-0.05, 0) is 25.0 Å². The van der Waals surface area contributed by atoms with Crippen molar-refractivity contribution in [2.24, 2.45) is 0 Å². The van der Waals surface area contributed by atoms with Crippen LogP contribution in [0, 0.1) is 13.8 Å². The fourth-order valence-electron chi connectivity index (χ4n) is 2.22. The van der Waals surface area contributed by atoms with Crippen molar-refractivity contribution in [1.82, 2.24) is 9.21 Å². The van der Waals surface area contributed by atoms with Crippen LogP contribution in [-0.2, 0) is 14.8 Å². The first kappa shape index (κ1) is 14.8. The topological polar surface area (TPSA) is 83.7 Å². The van der Waals surface area contributed by atoms with E-state index in [2.05, 4.69) is 0 Å². The fraction of sp³-hybridized carbons (Fsp3) is 0.462. The number of anilines is 1. The van der Waals surface area contributed by atoms with E-state index in [1.165, 1.54) is 9.21 Å². The molecule has 0 aliphatic carbocycles. The smallest absolute Gasteiger partial charge is 0.245 e. The molecule has 1 saturated heterocycles. The van der Waals surface area contributed by atoms with Gasteiger partial charge in [0.25, 0.3) is 0 Å². The average molecular weight is 297 g/mol. The third-order valence-corrected chi connectivity index (χ3v) is 5.68. The summed E-state index contributed by atoms with van der Waals surface area (Å²) in [5.74, 6) is -0.205. The van der Waals surface area contributed by atoms with E-state index in [4.69, 9.17) is 5.73 Å². The second-order valence-corrected chi connectivity index (χ2v) is 6.97. The second kappa shape index (κ2) is 5.06. The van der Waals surface area contributed by atoms with E-state index >= 15 is 0 Å². The van der Waals surface area contributed by atoms with E-state index in [1.54, 1.807) is 33.0 Å². The number of hydrogen-bond donors (Lipinski definition) is 1. The predicted molar refractivity (Wildman–Crippen MR) is 76.7 cm³/mol. The van der Waals surface area contributed by atoms with Crippen LogP contribution in [0.1, 0.15) is 11.1 Å². The molecule has 2 rings (SSSR count). The second-order valence-electron chi connectivity index (χ2n) is 5.10. The Bertz CT molecular complexity index is 655. The zero-order valence-electron chi connectivity index (χ0n) is 11.9. The van der Waals surface area contributed by atoms with Crippen LogP contribution in [0.15, 0.2) is 17.0 Å². The summed E-state index contributed by atoms with van der Waals surface area (Å²) in [6, 6.07) is 3.52. The number of nitrogens with zero attached hydrogens (tertiary/aromatic N) is 2. The summed E-state index contributed by atoms with van der Waals surface area (Å²) in [6.45, 7) is 4.02. The molecule has 110 valence electrons. The predicted octanol–water partition coefficient (Wildman–Crippen LogP) is 0.348. The van der Waals surface area contributed by atoms with E-state index in [1.807, 2.05) is 0 Å². The minimum Gasteiger partial charge on any atom is -0.397 e. The minimum atomic E-state index is -3.74. The van der Waals surface area contributed by atoms with Gasteiger partial charge < -0.3 is 10.6 Å². The Labute approximate surface area is 119 Å². The molecule has 1 aliphatic heterocycles. The molecular weight excluding hydrogens is 278 g/mol. The zero-order chi connectivity index (χ0) is 15.1. The van der Waals surface area contributed by atoms with Gasteiger partial charge in [0.05, 0.1) is 12.2 Å². The lowest BCUT2D eigenvalue weighted by Gasteiger charge is -2.31. The average Bonchev–Trinajstić information content (AvgIpc) is 2.37. The molecule has 1 fully saturated rings. The number of aryl methyl sites for hydroxylation is 2. The van der Waals surface area contributed by atoms with Crippen LogP contribution >= 0.6 is 0 Å². The van der Waals surface area contributed by atoms with Crippen molar-refractivity contribution < 1.29 is 13.2 Å². The highest BCUT2D eigenvalue weighted by atomic mass is 32.2. The van der Waals surface area contributed by atoms with Gasteiger partial charge in [0.2, 0.25) is 15.9 Å². The van der Waals surface area contributed by atoms with Crippen LogP contribution in [0.25, 0.3) is 0 Å². The molecule has 0 aromatic heterocycles.